The molecule has 0 saturated carbocycles. The molecule has 1 atom stereocenters. The molecule has 0 amide bonds. The lowest BCUT2D eigenvalue weighted by atomic mass is 10.1. The van der Waals surface area contributed by atoms with Crippen molar-refractivity contribution in [2.75, 3.05) is 18.5 Å². The van der Waals surface area contributed by atoms with Crippen molar-refractivity contribution in [3.05, 3.63) is 42.0 Å². The fourth-order valence-electron chi connectivity index (χ4n) is 1.98. The predicted octanol–water partition coefficient (Wildman–Crippen LogP) is 2.61. The molecule has 0 radical (unpaired) electrons. The number of ether oxygens (including phenoxy) is 1. The summed E-state index contributed by atoms with van der Waals surface area (Å²) in [5.74, 6) is 1.66. The summed E-state index contributed by atoms with van der Waals surface area (Å²) in [4.78, 5) is 4.39. The summed E-state index contributed by atoms with van der Waals surface area (Å²) < 4.78 is 10.5. The third-order valence-electron chi connectivity index (χ3n) is 3.00. The van der Waals surface area contributed by atoms with Crippen molar-refractivity contribution in [1.82, 2.24) is 10.1 Å². The lowest BCUT2D eigenvalue weighted by molar-refractivity contribution is 0.192. The van der Waals surface area contributed by atoms with Gasteiger partial charge in [0.05, 0.1) is 13.2 Å². The number of anilines is 1. The highest BCUT2D eigenvalue weighted by atomic mass is 35.5. The molecule has 1 saturated heterocycles. The second kappa shape index (κ2) is 6.54. The zero-order chi connectivity index (χ0) is 12.2. The van der Waals surface area contributed by atoms with E-state index in [9.17, 15) is 0 Å². The van der Waals surface area contributed by atoms with Crippen LogP contribution in [0.4, 0.5) is 5.69 Å². The van der Waals surface area contributed by atoms with E-state index in [0.717, 1.165) is 24.5 Å². The number of nitrogens with one attached hydrogen (secondary N) is 1. The van der Waals surface area contributed by atoms with Gasteiger partial charge >= 0.3 is 0 Å². The maximum atomic E-state index is 5.31. The minimum absolute atomic E-state index is 0. The van der Waals surface area contributed by atoms with Gasteiger partial charge in [-0.25, -0.2) is 0 Å². The van der Waals surface area contributed by atoms with Crippen LogP contribution >= 0.6 is 12.4 Å². The average molecular weight is 282 g/mol. The van der Waals surface area contributed by atoms with E-state index in [-0.39, 0.29) is 12.4 Å². The van der Waals surface area contributed by atoms with Gasteiger partial charge in [-0.05, 0) is 18.6 Å². The Morgan fingerprint density at radius 2 is 2.11 bits per heavy atom. The second-order valence-corrected chi connectivity index (χ2v) is 4.33. The molecule has 2 heterocycles. The molecule has 1 aliphatic rings. The maximum absolute atomic E-state index is 5.31. The summed E-state index contributed by atoms with van der Waals surface area (Å²) in [6, 6.07) is 9.95. The number of hydrogen-bond acceptors (Lipinski definition) is 5. The van der Waals surface area contributed by atoms with Crippen LogP contribution in [-0.2, 0) is 11.3 Å². The molecule has 0 aliphatic carbocycles. The minimum Gasteiger partial charge on any atom is -0.381 e. The SMILES string of the molecule is Cl.c1ccc(NCc2nc(C3CCOC3)no2)cc1. The molecule has 1 aromatic heterocycles. The molecule has 1 fully saturated rings. The molecule has 3 rings (SSSR count). The first-order chi connectivity index (χ1) is 8.92. The van der Waals surface area contributed by atoms with Crippen molar-refractivity contribution in [2.45, 2.75) is 18.9 Å². The number of aromatic nitrogens is 2. The average Bonchev–Trinajstić information content (AvgIpc) is 3.08. The van der Waals surface area contributed by atoms with Crippen molar-refractivity contribution >= 4 is 18.1 Å². The van der Waals surface area contributed by atoms with Gasteiger partial charge in [-0.1, -0.05) is 23.4 Å². The zero-order valence-electron chi connectivity index (χ0n) is 10.4. The van der Waals surface area contributed by atoms with Crippen molar-refractivity contribution in [3.8, 4) is 0 Å². The summed E-state index contributed by atoms with van der Waals surface area (Å²) in [7, 11) is 0. The molecule has 1 unspecified atom stereocenters. The van der Waals surface area contributed by atoms with Crippen LogP contribution in [0.1, 0.15) is 24.1 Å². The molecule has 0 spiro atoms. The van der Waals surface area contributed by atoms with Crippen LogP contribution in [0.3, 0.4) is 0 Å². The van der Waals surface area contributed by atoms with Crippen LogP contribution < -0.4 is 5.32 Å². The first-order valence-corrected chi connectivity index (χ1v) is 6.11. The minimum atomic E-state index is 0. The molecule has 0 bridgehead atoms. The Balaban J connectivity index is 0.00000133. The van der Waals surface area contributed by atoms with Crippen LogP contribution in [-0.4, -0.2) is 23.4 Å². The van der Waals surface area contributed by atoms with Crippen LogP contribution in [0.2, 0.25) is 0 Å². The van der Waals surface area contributed by atoms with Gasteiger partial charge in [0.15, 0.2) is 5.82 Å². The Hall–Kier alpha value is -1.59. The number of benzene rings is 1. The first kappa shape index (κ1) is 13.8. The molecular weight excluding hydrogens is 266 g/mol. The molecule has 1 N–H and O–H groups in total. The van der Waals surface area contributed by atoms with Crippen molar-refractivity contribution in [3.63, 3.8) is 0 Å². The Morgan fingerprint density at radius 3 is 2.84 bits per heavy atom. The van der Waals surface area contributed by atoms with Crippen molar-refractivity contribution < 1.29 is 9.26 Å². The molecule has 6 heteroatoms. The topological polar surface area (TPSA) is 60.2 Å². The molecule has 5 nitrogen and oxygen atoms in total. The highest BCUT2D eigenvalue weighted by Crippen LogP contribution is 2.22. The predicted molar refractivity (Wildman–Crippen MR) is 73.5 cm³/mol. The Kier molecular flexibility index (Phi) is 4.76. The largest absolute Gasteiger partial charge is 0.381 e. The van der Waals surface area contributed by atoms with Gasteiger partial charge in [0.2, 0.25) is 5.89 Å². The number of para-hydroxylation sites is 1. The van der Waals surface area contributed by atoms with Gasteiger partial charge in [0.25, 0.3) is 0 Å². The normalized spacial score (nSPS) is 18.0. The maximum Gasteiger partial charge on any atom is 0.245 e. The molecule has 1 aliphatic heterocycles. The van der Waals surface area contributed by atoms with Crippen LogP contribution in [0.15, 0.2) is 34.9 Å². The zero-order valence-corrected chi connectivity index (χ0v) is 11.2. The quantitative estimate of drug-likeness (QED) is 0.933. The number of hydrogen-bond donors (Lipinski definition) is 1. The summed E-state index contributed by atoms with van der Waals surface area (Å²) in [6.45, 7) is 2.03. The van der Waals surface area contributed by atoms with Crippen molar-refractivity contribution in [1.29, 1.82) is 0 Å². The third-order valence-corrected chi connectivity index (χ3v) is 3.00. The molecule has 19 heavy (non-hydrogen) atoms. The molecular formula is C13H16ClN3O2. The van der Waals surface area contributed by atoms with Gasteiger partial charge < -0.3 is 14.6 Å². The Labute approximate surface area is 117 Å². The number of halogens is 1. The monoisotopic (exact) mass is 281 g/mol. The standard InChI is InChI=1S/C13H15N3O2.ClH/c1-2-4-11(5-3-1)14-8-12-15-13(16-18-12)10-6-7-17-9-10;/h1-5,10,14H,6-9H2;1H. The smallest absolute Gasteiger partial charge is 0.245 e. The van der Waals surface area contributed by atoms with E-state index in [4.69, 9.17) is 9.26 Å². The van der Waals surface area contributed by atoms with E-state index in [0.29, 0.717) is 25.0 Å². The Bertz CT molecular complexity index is 498. The summed E-state index contributed by atoms with van der Waals surface area (Å²) in [6.07, 6.45) is 0.977. The lowest BCUT2D eigenvalue weighted by Crippen LogP contribution is -2.02. The summed E-state index contributed by atoms with van der Waals surface area (Å²) in [5, 5.41) is 7.24. The molecule has 1 aromatic carbocycles. The first-order valence-electron chi connectivity index (χ1n) is 6.11. The fraction of sp³-hybridized carbons (Fsp3) is 0.385. The van der Waals surface area contributed by atoms with E-state index < -0.39 is 0 Å². The van der Waals surface area contributed by atoms with Crippen molar-refractivity contribution in [2.24, 2.45) is 0 Å². The van der Waals surface area contributed by atoms with E-state index in [2.05, 4.69) is 15.5 Å². The Morgan fingerprint density at radius 1 is 1.26 bits per heavy atom. The number of rotatable bonds is 4. The van der Waals surface area contributed by atoms with Gasteiger partial charge in [0, 0.05) is 18.2 Å². The van der Waals surface area contributed by atoms with E-state index in [1.54, 1.807) is 0 Å². The van der Waals surface area contributed by atoms with Crippen LogP contribution in [0.25, 0.3) is 0 Å². The molecule has 2 aromatic rings. The van der Waals surface area contributed by atoms with E-state index >= 15 is 0 Å². The lowest BCUT2D eigenvalue weighted by Gasteiger charge is -2.01. The number of nitrogens with zero attached hydrogens (tertiary/aromatic N) is 2. The van der Waals surface area contributed by atoms with Gasteiger partial charge in [-0.3, -0.25) is 0 Å². The van der Waals surface area contributed by atoms with Gasteiger partial charge in [0.1, 0.15) is 0 Å². The molecule has 102 valence electrons. The van der Waals surface area contributed by atoms with E-state index in [1.165, 1.54) is 0 Å². The van der Waals surface area contributed by atoms with Crippen LogP contribution in [0, 0.1) is 0 Å². The highest BCUT2D eigenvalue weighted by molar-refractivity contribution is 5.85. The summed E-state index contributed by atoms with van der Waals surface area (Å²) in [5.41, 5.74) is 1.04. The highest BCUT2D eigenvalue weighted by Gasteiger charge is 2.22. The third kappa shape index (κ3) is 3.45. The second-order valence-electron chi connectivity index (χ2n) is 4.33. The van der Waals surface area contributed by atoms with E-state index in [1.807, 2.05) is 30.3 Å². The van der Waals surface area contributed by atoms with Gasteiger partial charge in [-0.15, -0.1) is 12.4 Å². The van der Waals surface area contributed by atoms with Gasteiger partial charge in [-0.2, -0.15) is 4.98 Å². The fourth-order valence-corrected chi connectivity index (χ4v) is 1.98. The van der Waals surface area contributed by atoms with Crippen LogP contribution in [0.5, 0.6) is 0 Å². The summed E-state index contributed by atoms with van der Waals surface area (Å²) >= 11 is 0.